The van der Waals surface area contributed by atoms with Gasteiger partial charge < -0.3 is 9.80 Å². The average Bonchev–Trinajstić information content (AvgIpc) is 2.95. The van der Waals surface area contributed by atoms with Crippen molar-refractivity contribution in [3.05, 3.63) is 28.8 Å². The summed E-state index contributed by atoms with van der Waals surface area (Å²) in [6.07, 6.45) is 1.79. The average molecular weight is 366 g/mol. The van der Waals surface area contributed by atoms with Gasteiger partial charge in [-0.05, 0) is 31.0 Å². The number of carbonyl (C=O) groups is 3. The second-order valence-electron chi connectivity index (χ2n) is 6.23. The summed E-state index contributed by atoms with van der Waals surface area (Å²) in [4.78, 5) is 41.1. The fraction of sp³-hybridized carbons (Fsp3) is 0.500. The van der Waals surface area contributed by atoms with Crippen molar-refractivity contribution in [3.63, 3.8) is 0 Å². The number of unbranched alkanes of at least 4 members (excludes halogenated alkanes) is 1. The molecule has 0 aliphatic carbocycles. The lowest BCUT2D eigenvalue weighted by Crippen LogP contribution is -2.42. The maximum absolute atomic E-state index is 12.5. The highest BCUT2D eigenvalue weighted by Crippen LogP contribution is 2.28. The zero-order valence-electron chi connectivity index (χ0n) is 14.9. The van der Waals surface area contributed by atoms with E-state index in [1.54, 1.807) is 17.0 Å². The summed E-state index contributed by atoms with van der Waals surface area (Å²) in [7, 11) is 0. The Morgan fingerprint density at radius 2 is 2.04 bits per heavy atom. The Hall–Kier alpha value is -2.08. The number of rotatable bonds is 6. The smallest absolute Gasteiger partial charge is 0.248 e. The van der Waals surface area contributed by atoms with Crippen LogP contribution in [-0.4, -0.2) is 53.8 Å². The Labute approximate surface area is 153 Å². The van der Waals surface area contributed by atoms with Gasteiger partial charge in [0.25, 0.3) is 0 Å². The van der Waals surface area contributed by atoms with Crippen LogP contribution in [0.25, 0.3) is 0 Å². The Balaban J connectivity index is 2.07. The van der Waals surface area contributed by atoms with Gasteiger partial charge in [-0.3, -0.25) is 19.3 Å². The lowest BCUT2D eigenvalue weighted by Gasteiger charge is -2.24. The third-order valence-electron chi connectivity index (χ3n) is 4.37. The van der Waals surface area contributed by atoms with Crippen LogP contribution in [0.1, 0.15) is 32.3 Å². The molecule has 6 nitrogen and oxygen atoms in total. The Morgan fingerprint density at radius 3 is 2.68 bits per heavy atom. The fourth-order valence-electron chi connectivity index (χ4n) is 2.77. The minimum atomic E-state index is -0.221. The molecule has 1 aromatic rings. The SMILES string of the molecule is CCCCN(CC(=O)N1CC(=O)N(c2cccc(Cl)c2C)C1)C(C)=O. The second kappa shape index (κ2) is 8.34. The molecule has 0 bridgehead atoms. The highest BCUT2D eigenvalue weighted by atomic mass is 35.5. The minimum Gasteiger partial charge on any atom is -0.334 e. The van der Waals surface area contributed by atoms with Gasteiger partial charge in [-0.15, -0.1) is 0 Å². The molecule has 1 fully saturated rings. The van der Waals surface area contributed by atoms with Crippen molar-refractivity contribution in [2.45, 2.75) is 33.6 Å². The van der Waals surface area contributed by atoms with E-state index in [0.29, 0.717) is 17.3 Å². The number of halogens is 1. The van der Waals surface area contributed by atoms with E-state index in [2.05, 4.69) is 0 Å². The zero-order valence-corrected chi connectivity index (χ0v) is 15.7. The summed E-state index contributed by atoms with van der Waals surface area (Å²) >= 11 is 6.13. The molecule has 0 saturated carbocycles. The molecule has 0 aromatic heterocycles. The predicted molar refractivity (Wildman–Crippen MR) is 97.4 cm³/mol. The van der Waals surface area contributed by atoms with E-state index in [0.717, 1.165) is 18.4 Å². The predicted octanol–water partition coefficient (Wildman–Crippen LogP) is 2.43. The molecule has 0 unspecified atom stereocenters. The molecule has 2 rings (SSSR count). The van der Waals surface area contributed by atoms with Gasteiger partial charge in [-0.1, -0.05) is 31.0 Å². The quantitative estimate of drug-likeness (QED) is 0.777. The van der Waals surface area contributed by atoms with Gasteiger partial charge >= 0.3 is 0 Å². The summed E-state index contributed by atoms with van der Waals surface area (Å²) in [6.45, 7) is 6.09. The first-order chi connectivity index (χ1) is 11.8. The van der Waals surface area contributed by atoms with E-state index in [-0.39, 0.29) is 37.5 Å². The maximum Gasteiger partial charge on any atom is 0.248 e. The van der Waals surface area contributed by atoms with Gasteiger partial charge in [0.2, 0.25) is 17.7 Å². The van der Waals surface area contributed by atoms with Crippen LogP contribution in [0.3, 0.4) is 0 Å². The molecule has 3 amide bonds. The number of hydrogen-bond acceptors (Lipinski definition) is 3. The number of amides is 3. The number of carbonyl (C=O) groups excluding carboxylic acids is 3. The van der Waals surface area contributed by atoms with Crippen molar-refractivity contribution < 1.29 is 14.4 Å². The second-order valence-corrected chi connectivity index (χ2v) is 6.64. The Morgan fingerprint density at radius 1 is 1.32 bits per heavy atom. The topological polar surface area (TPSA) is 60.9 Å². The zero-order chi connectivity index (χ0) is 18.6. The Kier molecular flexibility index (Phi) is 6.42. The van der Waals surface area contributed by atoms with Crippen LogP contribution in [0.4, 0.5) is 5.69 Å². The van der Waals surface area contributed by atoms with Gasteiger partial charge in [0, 0.05) is 24.2 Å². The summed E-state index contributed by atoms with van der Waals surface area (Å²) in [5, 5.41) is 0.581. The first-order valence-corrected chi connectivity index (χ1v) is 8.81. The van der Waals surface area contributed by atoms with Gasteiger partial charge in [-0.25, -0.2) is 0 Å². The third kappa shape index (κ3) is 4.51. The maximum atomic E-state index is 12.5. The van der Waals surface area contributed by atoms with Gasteiger partial charge in [0.05, 0.1) is 6.54 Å². The van der Waals surface area contributed by atoms with Crippen molar-refractivity contribution in [3.8, 4) is 0 Å². The number of nitrogens with zero attached hydrogens (tertiary/aromatic N) is 3. The molecule has 1 aromatic carbocycles. The van der Waals surface area contributed by atoms with E-state index in [9.17, 15) is 14.4 Å². The molecule has 0 N–H and O–H groups in total. The molecule has 1 heterocycles. The van der Waals surface area contributed by atoms with Gasteiger partial charge in [0.1, 0.15) is 13.2 Å². The van der Waals surface area contributed by atoms with Crippen LogP contribution in [0.2, 0.25) is 5.02 Å². The first kappa shape index (κ1) is 19.2. The molecule has 0 atom stereocenters. The third-order valence-corrected chi connectivity index (χ3v) is 4.78. The van der Waals surface area contributed by atoms with Crippen LogP contribution in [-0.2, 0) is 14.4 Å². The van der Waals surface area contributed by atoms with E-state index in [4.69, 9.17) is 11.6 Å². The molecule has 1 aliphatic heterocycles. The molecular formula is C18H24ClN3O3. The normalized spacial score (nSPS) is 14.2. The van der Waals surface area contributed by atoms with Gasteiger partial charge in [-0.2, -0.15) is 0 Å². The van der Waals surface area contributed by atoms with E-state index in [1.165, 1.54) is 16.7 Å². The molecule has 136 valence electrons. The molecule has 25 heavy (non-hydrogen) atoms. The summed E-state index contributed by atoms with van der Waals surface area (Å²) in [6, 6.07) is 5.36. The molecule has 1 saturated heterocycles. The monoisotopic (exact) mass is 365 g/mol. The van der Waals surface area contributed by atoms with Crippen LogP contribution in [0.5, 0.6) is 0 Å². The lowest BCUT2D eigenvalue weighted by atomic mass is 10.2. The first-order valence-electron chi connectivity index (χ1n) is 8.44. The van der Waals surface area contributed by atoms with E-state index < -0.39 is 0 Å². The highest BCUT2D eigenvalue weighted by Gasteiger charge is 2.33. The minimum absolute atomic E-state index is 0.00494. The van der Waals surface area contributed by atoms with Crippen LogP contribution >= 0.6 is 11.6 Å². The lowest BCUT2D eigenvalue weighted by molar-refractivity contribution is -0.139. The highest BCUT2D eigenvalue weighted by molar-refractivity contribution is 6.31. The van der Waals surface area contributed by atoms with Crippen LogP contribution in [0.15, 0.2) is 18.2 Å². The number of hydrogen-bond donors (Lipinski definition) is 0. The van der Waals surface area contributed by atoms with Crippen molar-refractivity contribution in [2.24, 2.45) is 0 Å². The fourth-order valence-corrected chi connectivity index (χ4v) is 2.94. The van der Waals surface area contributed by atoms with E-state index >= 15 is 0 Å². The standard InChI is InChI=1S/C18H24ClN3O3/c1-4-5-9-20(14(3)23)10-17(24)21-11-18(25)22(12-21)16-8-6-7-15(19)13(16)2/h6-8H,4-5,9-12H2,1-3H3. The molecule has 7 heteroatoms. The van der Waals surface area contributed by atoms with Crippen molar-refractivity contribution in [1.82, 2.24) is 9.80 Å². The molecule has 1 aliphatic rings. The summed E-state index contributed by atoms with van der Waals surface area (Å²) < 4.78 is 0. The van der Waals surface area contributed by atoms with Crippen LogP contribution < -0.4 is 4.90 Å². The number of benzene rings is 1. The summed E-state index contributed by atoms with van der Waals surface area (Å²) in [5.41, 5.74) is 1.52. The van der Waals surface area contributed by atoms with Crippen molar-refractivity contribution in [2.75, 3.05) is 31.2 Å². The largest absolute Gasteiger partial charge is 0.334 e. The molecule has 0 radical (unpaired) electrons. The van der Waals surface area contributed by atoms with E-state index in [1.807, 2.05) is 19.9 Å². The van der Waals surface area contributed by atoms with Crippen molar-refractivity contribution >= 4 is 35.0 Å². The Bertz CT molecular complexity index is 678. The summed E-state index contributed by atoms with van der Waals surface area (Å²) in [5.74, 6) is -0.502. The number of anilines is 1. The molecular weight excluding hydrogens is 342 g/mol. The van der Waals surface area contributed by atoms with Crippen LogP contribution in [0, 0.1) is 6.92 Å². The van der Waals surface area contributed by atoms with Crippen molar-refractivity contribution in [1.29, 1.82) is 0 Å². The molecule has 0 spiro atoms. The van der Waals surface area contributed by atoms with Gasteiger partial charge in [0.15, 0.2) is 0 Å².